The molecule has 0 atom stereocenters. The molecule has 2 aromatic rings. The molecule has 82 valence electrons. The molecular weight excluding hydrogens is 204 g/mol. The van der Waals surface area contributed by atoms with Crippen LogP contribution in [0.15, 0.2) is 30.6 Å². The van der Waals surface area contributed by atoms with E-state index in [1.54, 1.807) is 4.68 Å². The Labute approximate surface area is 93.1 Å². The molecule has 1 heterocycles. The van der Waals surface area contributed by atoms with Gasteiger partial charge >= 0.3 is 5.97 Å². The third kappa shape index (κ3) is 1.69. The number of nitrogens with zero attached hydrogens (tertiary/aromatic N) is 2. The van der Waals surface area contributed by atoms with Crippen LogP contribution in [0.25, 0.3) is 5.69 Å². The third-order valence-corrected chi connectivity index (χ3v) is 2.50. The van der Waals surface area contributed by atoms with Crippen LogP contribution in [0, 0.1) is 13.8 Å². The van der Waals surface area contributed by atoms with E-state index in [4.69, 9.17) is 5.11 Å². The minimum atomic E-state index is -0.961. The molecule has 0 aliphatic carbocycles. The molecule has 0 spiro atoms. The lowest BCUT2D eigenvalue weighted by Crippen LogP contribution is -2.00. The first-order valence-electron chi connectivity index (χ1n) is 4.94. The van der Waals surface area contributed by atoms with E-state index in [0.717, 1.165) is 16.8 Å². The van der Waals surface area contributed by atoms with Gasteiger partial charge in [0.1, 0.15) is 0 Å². The first-order chi connectivity index (χ1) is 7.59. The standard InChI is InChI=1S/C12H12N2O2/c1-8-4-3-5-9(2)11(8)14-7-10(6-13-14)12(15)16/h3-7H,1-2H3,(H,15,16). The lowest BCUT2D eigenvalue weighted by Gasteiger charge is -2.08. The molecule has 0 saturated heterocycles. The van der Waals surface area contributed by atoms with Crippen molar-refractivity contribution in [2.75, 3.05) is 0 Å². The first-order valence-corrected chi connectivity index (χ1v) is 4.94. The molecule has 1 aromatic carbocycles. The number of hydrogen-bond donors (Lipinski definition) is 1. The molecule has 0 radical (unpaired) electrons. The van der Waals surface area contributed by atoms with Gasteiger partial charge in [-0.2, -0.15) is 5.10 Å². The van der Waals surface area contributed by atoms with Crippen molar-refractivity contribution in [2.45, 2.75) is 13.8 Å². The average molecular weight is 216 g/mol. The van der Waals surface area contributed by atoms with Gasteiger partial charge in [0.25, 0.3) is 0 Å². The number of aromatic carboxylic acids is 1. The highest BCUT2D eigenvalue weighted by molar-refractivity contribution is 5.87. The largest absolute Gasteiger partial charge is 0.478 e. The molecule has 4 nitrogen and oxygen atoms in total. The van der Waals surface area contributed by atoms with Crippen molar-refractivity contribution in [3.8, 4) is 5.69 Å². The Balaban J connectivity index is 2.54. The summed E-state index contributed by atoms with van der Waals surface area (Å²) in [4.78, 5) is 10.8. The molecule has 0 saturated carbocycles. The number of para-hydroxylation sites is 1. The summed E-state index contributed by atoms with van der Waals surface area (Å²) >= 11 is 0. The first kappa shape index (κ1) is 10.4. The second kappa shape index (κ2) is 3.81. The molecule has 2 rings (SSSR count). The van der Waals surface area contributed by atoms with Gasteiger partial charge in [0.2, 0.25) is 0 Å². The Kier molecular flexibility index (Phi) is 2.48. The minimum Gasteiger partial charge on any atom is -0.478 e. The van der Waals surface area contributed by atoms with Gasteiger partial charge in [0.15, 0.2) is 0 Å². The van der Waals surface area contributed by atoms with E-state index in [9.17, 15) is 4.79 Å². The van der Waals surface area contributed by atoms with Crippen molar-refractivity contribution in [2.24, 2.45) is 0 Å². The summed E-state index contributed by atoms with van der Waals surface area (Å²) in [5, 5.41) is 12.9. The van der Waals surface area contributed by atoms with E-state index < -0.39 is 5.97 Å². The lowest BCUT2D eigenvalue weighted by molar-refractivity contribution is 0.0697. The fourth-order valence-corrected chi connectivity index (χ4v) is 1.72. The molecule has 0 aliphatic heterocycles. The molecule has 0 aliphatic rings. The monoisotopic (exact) mass is 216 g/mol. The molecule has 16 heavy (non-hydrogen) atoms. The molecule has 1 aromatic heterocycles. The van der Waals surface area contributed by atoms with Crippen LogP contribution < -0.4 is 0 Å². The van der Waals surface area contributed by atoms with Crippen molar-refractivity contribution >= 4 is 5.97 Å². The van der Waals surface area contributed by atoms with Crippen LogP contribution in [0.2, 0.25) is 0 Å². The van der Waals surface area contributed by atoms with Crippen molar-refractivity contribution in [3.05, 3.63) is 47.3 Å². The Morgan fingerprint density at radius 3 is 2.44 bits per heavy atom. The van der Waals surface area contributed by atoms with Crippen molar-refractivity contribution in [3.63, 3.8) is 0 Å². The fourth-order valence-electron chi connectivity index (χ4n) is 1.72. The van der Waals surface area contributed by atoms with Gasteiger partial charge in [-0.15, -0.1) is 0 Å². The number of benzene rings is 1. The fraction of sp³-hybridized carbons (Fsp3) is 0.167. The quantitative estimate of drug-likeness (QED) is 0.837. The van der Waals surface area contributed by atoms with Gasteiger partial charge in [-0.1, -0.05) is 18.2 Å². The van der Waals surface area contributed by atoms with Gasteiger partial charge in [-0.3, -0.25) is 0 Å². The molecule has 0 fully saturated rings. The van der Waals surface area contributed by atoms with E-state index >= 15 is 0 Å². The minimum absolute atomic E-state index is 0.197. The zero-order valence-corrected chi connectivity index (χ0v) is 9.14. The Hall–Kier alpha value is -2.10. The summed E-state index contributed by atoms with van der Waals surface area (Å²) in [6.07, 6.45) is 2.88. The van der Waals surface area contributed by atoms with Gasteiger partial charge in [0.05, 0.1) is 17.4 Å². The molecule has 1 N–H and O–H groups in total. The molecule has 0 unspecified atom stereocenters. The van der Waals surface area contributed by atoms with Gasteiger partial charge in [-0.05, 0) is 25.0 Å². The number of carboxylic acids is 1. The number of hydrogen-bond acceptors (Lipinski definition) is 2. The maximum atomic E-state index is 10.8. The lowest BCUT2D eigenvalue weighted by atomic mass is 10.1. The zero-order valence-electron chi connectivity index (χ0n) is 9.14. The number of rotatable bonds is 2. The maximum Gasteiger partial charge on any atom is 0.338 e. The van der Waals surface area contributed by atoms with Crippen molar-refractivity contribution in [1.82, 2.24) is 9.78 Å². The SMILES string of the molecule is Cc1cccc(C)c1-n1cc(C(=O)O)cn1. The smallest absolute Gasteiger partial charge is 0.338 e. The second-order valence-corrected chi connectivity index (χ2v) is 3.72. The Morgan fingerprint density at radius 2 is 1.94 bits per heavy atom. The number of aromatic nitrogens is 2. The Morgan fingerprint density at radius 1 is 1.31 bits per heavy atom. The number of aryl methyl sites for hydroxylation is 2. The summed E-state index contributed by atoms with van der Waals surface area (Å²) in [6, 6.07) is 5.92. The van der Waals surface area contributed by atoms with Crippen LogP contribution in [-0.2, 0) is 0 Å². The van der Waals surface area contributed by atoms with Gasteiger partial charge in [0, 0.05) is 6.20 Å². The highest BCUT2D eigenvalue weighted by Crippen LogP contribution is 2.18. The van der Waals surface area contributed by atoms with Gasteiger partial charge < -0.3 is 5.11 Å². The predicted octanol–water partition coefficient (Wildman–Crippen LogP) is 2.19. The van der Waals surface area contributed by atoms with E-state index in [2.05, 4.69) is 5.10 Å². The summed E-state index contributed by atoms with van der Waals surface area (Å²) < 4.78 is 1.61. The summed E-state index contributed by atoms with van der Waals surface area (Å²) in [5.74, 6) is -0.961. The van der Waals surface area contributed by atoms with E-state index in [1.165, 1.54) is 12.4 Å². The predicted molar refractivity (Wildman–Crippen MR) is 60.0 cm³/mol. The normalized spacial score (nSPS) is 10.4. The maximum absolute atomic E-state index is 10.8. The zero-order chi connectivity index (χ0) is 11.7. The van der Waals surface area contributed by atoms with Crippen LogP contribution >= 0.6 is 0 Å². The second-order valence-electron chi connectivity index (χ2n) is 3.72. The van der Waals surface area contributed by atoms with Crippen molar-refractivity contribution in [1.29, 1.82) is 0 Å². The summed E-state index contributed by atoms with van der Waals surface area (Å²) in [7, 11) is 0. The average Bonchev–Trinajstić information content (AvgIpc) is 2.66. The van der Waals surface area contributed by atoms with E-state index in [-0.39, 0.29) is 5.56 Å². The van der Waals surface area contributed by atoms with Crippen LogP contribution in [0.1, 0.15) is 21.5 Å². The van der Waals surface area contributed by atoms with Crippen molar-refractivity contribution < 1.29 is 9.90 Å². The van der Waals surface area contributed by atoms with Crippen LogP contribution in [0.5, 0.6) is 0 Å². The molecular formula is C12H12N2O2. The third-order valence-electron chi connectivity index (χ3n) is 2.50. The van der Waals surface area contributed by atoms with E-state index in [0.29, 0.717) is 0 Å². The topological polar surface area (TPSA) is 55.1 Å². The molecule has 0 amide bonds. The van der Waals surface area contributed by atoms with Crippen LogP contribution in [0.3, 0.4) is 0 Å². The van der Waals surface area contributed by atoms with Crippen LogP contribution in [0.4, 0.5) is 0 Å². The number of carbonyl (C=O) groups is 1. The summed E-state index contributed by atoms with van der Waals surface area (Å²) in [6.45, 7) is 3.95. The molecule has 4 heteroatoms. The number of carboxylic acid groups (broad SMARTS) is 1. The highest BCUT2D eigenvalue weighted by Gasteiger charge is 2.09. The highest BCUT2D eigenvalue weighted by atomic mass is 16.4. The van der Waals surface area contributed by atoms with Gasteiger partial charge in [-0.25, -0.2) is 9.48 Å². The molecule has 0 bridgehead atoms. The van der Waals surface area contributed by atoms with E-state index in [1.807, 2.05) is 32.0 Å². The summed E-state index contributed by atoms with van der Waals surface area (Å²) in [5.41, 5.74) is 3.28. The van der Waals surface area contributed by atoms with Crippen LogP contribution in [-0.4, -0.2) is 20.9 Å². The Bertz CT molecular complexity index is 523.